The van der Waals surface area contributed by atoms with Crippen molar-refractivity contribution in [1.82, 2.24) is 0 Å². The van der Waals surface area contributed by atoms with Crippen LogP contribution in [0.1, 0.15) is 0 Å². The van der Waals surface area contributed by atoms with E-state index in [1.54, 1.807) is 0 Å². The molecule has 0 aliphatic heterocycles. The van der Waals surface area contributed by atoms with Gasteiger partial charge < -0.3 is 18.2 Å². The van der Waals surface area contributed by atoms with Gasteiger partial charge in [-0.15, -0.1) is 0 Å². The molecular formula is BiKO8S2. The van der Waals surface area contributed by atoms with E-state index in [4.69, 9.17) is 35.0 Å². The first-order valence-corrected chi connectivity index (χ1v) is 4.00. The largest absolute Gasteiger partial charge is 3.00 e. The van der Waals surface area contributed by atoms with Crippen LogP contribution < -0.4 is 51.4 Å². The van der Waals surface area contributed by atoms with Crippen molar-refractivity contribution in [3.63, 3.8) is 0 Å². The van der Waals surface area contributed by atoms with E-state index in [1.165, 1.54) is 0 Å². The first-order chi connectivity index (χ1) is 4.00. The van der Waals surface area contributed by atoms with Crippen LogP contribution in [0.2, 0.25) is 0 Å². The molecule has 8 nitrogen and oxygen atoms in total. The van der Waals surface area contributed by atoms with Gasteiger partial charge in [0.1, 0.15) is 0 Å². The summed E-state index contributed by atoms with van der Waals surface area (Å²) in [5, 5.41) is 0. The number of hydrogen-bond acceptors (Lipinski definition) is 8. The summed E-state index contributed by atoms with van der Waals surface area (Å²) < 4.78 is 68.2. The van der Waals surface area contributed by atoms with Crippen LogP contribution in [-0.4, -0.2) is 61.3 Å². The minimum Gasteiger partial charge on any atom is -0.759 e. The van der Waals surface area contributed by atoms with E-state index in [0.717, 1.165) is 0 Å². The molecular weight excluding hydrogens is 440 g/mol. The first-order valence-electron chi connectivity index (χ1n) is 1.33. The van der Waals surface area contributed by atoms with Crippen LogP contribution in [0, 0.1) is 0 Å². The Kier molecular flexibility index (Phi) is 19.5. The zero-order valence-corrected chi connectivity index (χ0v) is 13.8. The third-order valence-corrected chi connectivity index (χ3v) is 0. The number of rotatable bonds is 0. The average molecular weight is 440 g/mol. The maximum Gasteiger partial charge on any atom is 3.00 e. The van der Waals surface area contributed by atoms with Crippen LogP contribution in [-0.2, 0) is 20.8 Å². The zero-order valence-electron chi connectivity index (χ0n) is 5.53. The van der Waals surface area contributed by atoms with Gasteiger partial charge in [-0.1, -0.05) is 0 Å². The molecule has 0 fully saturated rings. The molecule has 0 aromatic rings. The summed E-state index contributed by atoms with van der Waals surface area (Å²) >= 11 is 0. The van der Waals surface area contributed by atoms with Crippen molar-refractivity contribution in [2.75, 3.05) is 0 Å². The molecule has 0 N–H and O–H groups in total. The molecule has 12 heavy (non-hydrogen) atoms. The summed E-state index contributed by atoms with van der Waals surface area (Å²) in [7, 11) is -10.3. The van der Waals surface area contributed by atoms with Gasteiger partial charge >= 0.3 is 77.6 Å². The van der Waals surface area contributed by atoms with E-state index in [9.17, 15) is 0 Å². The van der Waals surface area contributed by atoms with Crippen molar-refractivity contribution >= 4 is 47.0 Å². The summed E-state index contributed by atoms with van der Waals surface area (Å²) in [5.41, 5.74) is 0. The SMILES string of the molecule is O=S(=O)([O-])[O-].O=S(=O)([O-])[O-].[Bi+3].[K+]. The van der Waals surface area contributed by atoms with Crippen molar-refractivity contribution in [1.29, 1.82) is 0 Å². The summed E-state index contributed by atoms with van der Waals surface area (Å²) in [6.45, 7) is 0. The van der Waals surface area contributed by atoms with Gasteiger partial charge in [-0.2, -0.15) is 0 Å². The number of hydrogen-bond donors (Lipinski definition) is 0. The monoisotopic (exact) mass is 440 g/mol. The quantitative estimate of drug-likeness (QED) is 0.204. The van der Waals surface area contributed by atoms with Crippen LogP contribution in [0.15, 0.2) is 0 Å². The molecule has 66 valence electrons. The molecule has 0 spiro atoms. The Morgan fingerprint density at radius 3 is 0.667 bits per heavy atom. The van der Waals surface area contributed by atoms with Gasteiger partial charge in [0.25, 0.3) is 0 Å². The standard InChI is InChI=1S/Bi.K.2H2O4S/c;;2*1-5(2,3)4/h;;2*(H2,1,2,3,4)/q+3;+1;;/p-4. The smallest absolute Gasteiger partial charge is 0.759 e. The summed E-state index contributed by atoms with van der Waals surface area (Å²) in [5.74, 6) is 0. The van der Waals surface area contributed by atoms with Crippen LogP contribution >= 0.6 is 0 Å². The molecule has 0 amide bonds. The first kappa shape index (κ1) is 23.8. The predicted octanol–water partition coefficient (Wildman–Crippen LogP) is -6.05. The molecule has 0 saturated carbocycles. The van der Waals surface area contributed by atoms with Crippen molar-refractivity contribution in [2.45, 2.75) is 0 Å². The molecule has 0 saturated heterocycles. The maximum atomic E-state index is 8.52. The maximum absolute atomic E-state index is 8.52. The summed E-state index contributed by atoms with van der Waals surface area (Å²) in [4.78, 5) is 0. The van der Waals surface area contributed by atoms with Crippen LogP contribution in [0.4, 0.5) is 0 Å². The molecule has 0 bridgehead atoms. The molecule has 0 aliphatic rings. The minimum atomic E-state index is -5.17. The second kappa shape index (κ2) is 9.80. The second-order valence-electron chi connectivity index (χ2n) is 0.816. The van der Waals surface area contributed by atoms with E-state index < -0.39 is 20.8 Å². The van der Waals surface area contributed by atoms with Crippen molar-refractivity contribution in [2.24, 2.45) is 0 Å². The molecule has 0 unspecified atom stereocenters. The van der Waals surface area contributed by atoms with Gasteiger partial charge in [-0.3, -0.25) is 16.8 Å². The zero-order chi connectivity index (χ0) is 9.00. The molecule has 2 radical (unpaired) electrons. The van der Waals surface area contributed by atoms with E-state index in [1.807, 2.05) is 0 Å². The Balaban J connectivity index is -0.0000000457. The summed E-state index contributed by atoms with van der Waals surface area (Å²) in [6, 6.07) is 0. The molecule has 0 aromatic heterocycles. The van der Waals surface area contributed by atoms with Gasteiger partial charge in [0, 0.05) is 20.8 Å². The van der Waals surface area contributed by atoms with Crippen molar-refractivity contribution < 1.29 is 86.4 Å². The summed E-state index contributed by atoms with van der Waals surface area (Å²) in [6.07, 6.45) is 0. The molecule has 0 aromatic carbocycles. The minimum absolute atomic E-state index is 0. The molecule has 0 atom stereocenters. The van der Waals surface area contributed by atoms with Gasteiger partial charge in [0.2, 0.25) is 0 Å². The third-order valence-electron chi connectivity index (χ3n) is 0. The molecule has 0 heterocycles. The fourth-order valence-corrected chi connectivity index (χ4v) is 0. The normalized spacial score (nSPS) is 9.67. The van der Waals surface area contributed by atoms with Gasteiger partial charge in [-0.25, -0.2) is 0 Å². The Morgan fingerprint density at radius 2 is 0.667 bits per heavy atom. The van der Waals surface area contributed by atoms with Crippen LogP contribution in [0.3, 0.4) is 0 Å². The molecule has 12 heteroatoms. The van der Waals surface area contributed by atoms with E-state index >= 15 is 0 Å². The third kappa shape index (κ3) is 304. The molecule has 0 rings (SSSR count). The fourth-order valence-electron chi connectivity index (χ4n) is 0. The fraction of sp³-hybridized carbons (Fsp3) is 0. The average Bonchev–Trinajstić information content (AvgIpc) is 1.12. The van der Waals surface area contributed by atoms with Gasteiger partial charge in [0.05, 0.1) is 0 Å². The Morgan fingerprint density at radius 1 is 0.667 bits per heavy atom. The second-order valence-corrected chi connectivity index (χ2v) is 2.45. The van der Waals surface area contributed by atoms with Crippen molar-refractivity contribution in [3.05, 3.63) is 0 Å². The van der Waals surface area contributed by atoms with E-state index in [2.05, 4.69) is 0 Å². The van der Waals surface area contributed by atoms with Crippen molar-refractivity contribution in [3.8, 4) is 0 Å². The Hall–Kier alpha value is 2.26. The van der Waals surface area contributed by atoms with Crippen LogP contribution in [0.25, 0.3) is 0 Å². The van der Waals surface area contributed by atoms with Crippen LogP contribution in [0.5, 0.6) is 0 Å². The van der Waals surface area contributed by atoms with E-state index in [-0.39, 0.29) is 77.6 Å². The molecule has 0 aliphatic carbocycles. The Labute approximate surface area is 131 Å². The van der Waals surface area contributed by atoms with E-state index in [0.29, 0.717) is 0 Å². The van der Waals surface area contributed by atoms with Gasteiger partial charge in [0.15, 0.2) is 0 Å². The Bertz CT molecular complexity index is 213. The van der Waals surface area contributed by atoms with Gasteiger partial charge in [-0.05, 0) is 0 Å². The topological polar surface area (TPSA) is 161 Å². The predicted molar refractivity (Wildman–Crippen MR) is 26.7 cm³/mol.